The molecule has 90 valence electrons. The van der Waals surface area contributed by atoms with Gasteiger partial charge in [-0.3, -0.25) is 0 Å². The molecule has 0 unspecified atom stereocenters. The fourth-order valence-electron chi connectivity index (χ4n) is 1.02. The minimum Gasteiger partial charge on any atom is -0.338 e. The molecule has 0 aliphatic carbocycles. The first-order valence-electron chi connectivity index (χ1n) is 4.64. The van der Waals surface area contributed by atoms with E-state index in [4.69, 9.17) is 28.7 Å². The number of anilines is 1. The zero-order valence-electron chi connectivity index (χ0n) is 8.65. The van der Waals surface area contributed by atoms with Crippen LogP contribution in [-0.4, -0.2) is 19.1 Å². The van der Waals surface area contributed by atoms with Crippen LogP contribution in [0.5, 0.6) is 0 Å². The maximum absolute atomic E-state index is 11.4. The van der Waals surface area contributed by atoms with Gasteiger partial charge < -0.3 is 10.6 Å². The number of nitrogens with one attached hydrogen (secondary N) is 2. The van der Waals surface area contributed by atoms with Crippen LogP contribution in [0.2, 0.25) is 10.0 Å². The van der Waals surface area contributed by atoms with Crippen molar-refractivity contribution in [2.75, 3.05) is 18.4 Å². The van der Waals surface area contributed by atoms with Crippen molar-refractivity contribution in [1.82, 2.24) is 5.32 Å². The van der Waals surface area contributed by atoms with Gasteiger partial charge in [0.1, 0.15) is 0 Å². The van der Waals surface area contributed by atoms with Crippen LogP contribution in [0.1, 0.15) is 0 Å². The Balaban J connectivity index is 2.50. The van der Waals surface area contributed by atoms with Crippen LogP contribution < -0.4 is 10.6 Å². The maximum atomic E-state index is 11.4. The van der Waals surface area contributed by atoms with Crippen LogP contribution in [0.4, 0.5) is 10.5 Å². The van der Waals surface area contributed by atoms with E-state index in [0.29, 0.717) is 15.7 Å². The zero-order valence-corrected chi connectivity index (χ0v) is 10.2. The monoisotopic (exact) mass is 273 g/mol. The fourth-order valence-corrected chi connectivity index (χ4v) is 1.36. The standard InChI is InChI=1S/C9H9Cl2N5O/c10-6-1-2-7(11)8(5-6)15-9(17)13-3-4-14-16-12/h1-2,5H,3-4H2,(H2,13,15,17). The molecule has 0 aromatic heterocycles. The van der Waals surface area contributed by atoms with E-state index >= 15 is 0 Å². The Bertz CT molecular complexity index is 459. The quantitative estimate of drug-likeness (QED) is 0.374. The van der Waals surface area contributed by atoms with E-state index < -0.39 is 6.03 Å². The lowest BCUT2D eigenvalue weighted by molar-refractivity contribution is 0.252. The fraction of sp³-hybridized carbons (Fsp3) is 0.222. The molecular weight excluding hydrogens is 265 g/mol. The topological polar surface area (TPSA) is 89.9 Å². The minimum atomic E-state index is -0.442. The lowest BCUT2D eigenvalue weighted by Crippen LogP contribution is -2.30. The molecular formula is C9H9Cl2N5O. The number of halogens is 2. The normalized spacial score (nSPS) is 9.29. The molecule has 0 spiro atoms. The molecule has 1 aromatic carbocycles. The Kier molecular flexibility index (Phi) is 5.42. The molecule has 8 heteroatoms. The number of amides is 2. The Morgan fingerprint density at radius 3 is 2.94 bits per heavy atom. The SMILES string of the molecule is [N-]=[N+]=NCCNC(=O)Nc1cc(Cl)ccc1Cl. The first kappa shape index (κ1) is 13.4. The summed E-state index contributed by atoms with van der Waals surface area (Å²) in [5.74, 6) is 0. The highest BCUT2D eigenvalue weighted by molar-refractivity contribution is 6.35. The van der Waals surface area contributed by atoms with Gasteiger partial charge in [0.15, 0.2) is 0 Å². The summed E-state index contributed by atoms with van der Waals surface area (Å²) in [6.07, 6.45) is 0. The number of carbonyl (C=O) groups excluding carboxylic acids is 1. The van der Waals surface area contributed by atoms with E-state index in [2.05, 4.69) is 20.7 Å². The van der Waals surface area contributed by atoms with Gasteiger partial charge in [0.25, 0.3) is 0 Å². The van der Waals surface area contributed by atoms with Crippen LogP contribution in [0, 0.1) is 0 Å². The first-order valence-corrected chi connectivity index (χ1v) is 5.40. The molecule has 0 saturated carbocycles. The second-order valence-corrected chi connectivity index (χ2v) is 3.80. The van der Waals surface area contributed by atoms with Crippen molar-refractivity contribution in [2.45, 2.75) is 0 Å². The second kappa shape index (κ2) is 6.85. The predicted octanol–water partition coefficient (Wildman–Crippen LogP) is 3.43. The van der Waals surface area contributed by atoms with Gasteiger partial charge in [-0.05, 0) is 23.7 Å². The van der Waals surface area contributed by atoms with Gasteiger partial charge in [0.05, 0.1) is 10.7 Å². The van der Waals surface area contributed by atoms with Gasteiger partial charge >= 0.3 is 6.03 Å². The van der Waals surface area contributed by atoms with Crippen LogP contribution >= 0.6 is 23.2 Å². The average molecular weight is 274 g/mol. The Labute approximate surface area is 108 Å². The first-order chi connectivity index (χ1) is 8.13. The molecule has 6 nitrogen and oxygen atoms in total. The van der Waals surface area contributed by atoms with Gasteiger partial charge in [-0.15, -0.1) is 0 Å². The number of carbonyl (C=O) groups is 1. The molecule has 0 aliphatic heterocycles. The molecule has 0 saturated heterocycles. The number of hydrogen-bond donors (Lipinski definition) is 2. The summed E-state index contributed by atoms with van der Waals surface area (Å²) in [7, 11) is 0. The molecule has 1 aromatic rings. The van der Waals surface area contributed by atoms with E-state index in [1.807, 2.05) is 0 Å². The van der Waals surface area contributed by atoms with Crippen molar-refractivity contribution in [3.05, 3.63) is 38.7 Å². The largest absolute Gasteiger partial charge is 0.338 e. The number of urea groups is 1. The lowest BCUT2D eigenvalue weighted by Gasteiger charge is -2.08. The summed E-state index contributed by atoms with van der Waals surface area (Å²) >= 11 is 11.6. The molecule has 0 fully saturated rings. The summed E-state index contributed by atoms with van der Waals surface area (Å²) in [5.41, 5.74) is 8.45. The van der Waals surface area contributed by atoms with E-state index in [1.54, 1.807) is 12.1 Å². The molecule has 0 radical (unpaired) electrons. The summed E-state index contributed by atoms with van der Waals surface area (Å²) in [6.45, 7) is 0.432. The van der Waals surface area contributed by atoms with Gasteiger partial charge in [0.2, 0.25) is 0 Å². The summed E-state index contributed by atoms with van der Waals surface area (Å²) in [4.78, 5) is 13.9. The number of azide groups is 1. The van der Waals surface area contributed by atoms with Crippen molar-refractivity contribution < 1.29 is 4.79 Å². The number of nitrogens with zero attached hydrogens (tertiary/aromatic N) is 3. The Morgan fingerprint density at radius 2 is 2.24 bits per heavy atom. The highest BCUT2D eigenvalue weighted by Gasteiger charge is 2.05. The lowest BCUT2D eigenvalue weighted by atomic mass is 10.3. The molecule has 2 amide bonds. The molecule has 1 rings (SSSR count). The van der Waals surface area contributed by atoms with Crippen LogP contribution in [0.25, 0.3) is 10.4 Å². The number of hydrogen-bond acceptors (Lipinski definition) is 2. The molecule has 0 aliphatic rings. The van der Waals surface area contributed by atoms with Crippen molar-refractivity contribution in [3.8, 4) is 0 Å². The van der Waals surface area contributed by atoms with Crippen molar-refractivity contribution >= 4 is 34.9 Å². The van der Waals surface area contributed by atoms with Crippen LogP contribution in [0.3, 0.4) is 0 Å². The van der Waals surface area contributed by atoms with Gasteiger partial charge in [-0.25, -0.2) is 4.79 Å². The Hall–Kier alpha value is -1.62. The third-order valence-corrected chi connectivity index (χ3v) is 2.30. The minimum absolute atomic E-state index is 0.188. The maximum Gasteiger partial charge on any atom is 0.319 e. The molecule has 0 atom stereocenters. The third kappa shape index (κ3) is 4.82. The smallest absolute Gasteiger partial charge is 0.319 e. The van der Waals surface area contributed by atoms with Gasteiger partial charge in [-0.2, -0.15) is 0 Å². The van der Waals surface area contributed by atoms with Crippen molar-refractivity contribution in [2.24, 2.45) is 5.11 Å². The van der Waals surface area contributed by atoms with E-state index in [9.17, 15) is 4.79 Å². The van der Waals surface area contributed by atoms with Gasteiger partial charge in [0, 0.05) is 23.0 Å². The molecule has 2 N–H and O–H groups in total. The van der Waals surface area contributed by atoms with E-state index in [0.717, 1.165) is 0 Å². The van der Waals surface area contributed by atoms with E-state index in [1.165, 1.54) is 6.07 Å². The number of benzene rings is 1. The second-order valence-electron chi connectivity index (χ2n) is 2.96. The van der Waals surface area contributed by atoms with Gasteiger partial charge in [-0.1, -0.05) is 28.3 Å². The molecule has 17 heavy (non-hydrogen) atoms. The Morgan fingerprint density at radius 1 is 1.47 bits per heavy atom. The average Bonchev–Trinajstić information content (AvgIpc) is 2.29. The third-order valence-electron chi connectivity index (χ3n) is 1.74. The summed E-state index contributed by atoms with van der Waals surface area (Å²) in [5, 5.41) is 9.16. The predicted molar refractivity (Wildman–Crippen MR) is 67.5 cm³/mol. The highest BCUT2D eigenvalue weighted by Crippen LogP contribution is 2.25. The number of rotatable bonds is 4. The van der Waals surface area contributed by atoms with Crippen molar-refractivity contribution in [3.63, 3.8) is 0 Å². The highest BCUT2D eigenvalue weighted by atomic mass is 35.5. The van der Waals surface area contributed by atoms with Crippen molar-refractivity contribution in [1.29, 1.82) is 0 Å². The van der Waals surface area contributed by atoms with Crippen LogP contribution in [-0.2, 0) is 0 Å². The molecule has 0 bridgehead atoms. The summed E-state index contributed by atoms with van der Waals surface area (Å²) in [6, 6.07) is 4.30. The molecule has 0 heterocycles. The summed E-state index contributed by atoms with van der Waals surface area (Å²) < 4.78 is 0. The van der Waals surface area contributed by atoms with E-state index in [-0.39, 0.29) is 13.1 Å². The zero-order chi connectivity index (χ0) is 12.7. The van der Waals surface area contributed by atoms with Crippen LogP contribution in [0.15, 0.2) is 23.3 Å².